The second kappa shape index (κ2) is 12.9. The van der Waals surface area contributed by atoms with Crippen molar-refractivity contribution in [2.24, 2.45) is 5.16 Å². The van der Waals surface area contributed by atoms with Crippen LogP contribution < -0.4 is 4.74 Å². The van der Waals surface area contributed by atoms with E-state index in [0.717, 1.165) is 41.2 Å². The monoisotopic (exact) mass is 517 g/mol. The SMILES string of the molecule is CN(O)C(=O)C=NOC(CCCc1ccc(Cl)cc1)c1ccc(OCc2ccc3ccccc3n2)cc1. The van der Waals surface area contributed by atoms with Gasteiger partial charge in [-0.1, -0.05) is 65.3 Å². The summed E-state index contributed by atoms with van der Waals surface area (Å²) >= 11 is 5.98. The minimum atomic E-state index is -0.675. The predicted molar refractivity (Wildman–Crippen MR) is 144 cm³/mol. The summed E-state index contributed by atoms with van der Waals surface area (Å²) in [6.07, 6.45) is 2.92. The molecular weight excluding hydrogens is 490 g/mol. The third kappa shape index (κ3) is 7.77. The highest BCUT2D eigenvalue weighted by molar-refractivity contribution is 6.30. The highest BCUT2D eigenvalue weighted by Gasteiger charge is 2.14. The van der Waals surface area contributed by atoms with Crippen molar-refractivity contribution < 1.29 is 19.6 Å². The van der Waals surface area contributed by atoms with E-state index in [9.17, 15) is 10.0 Å². The molecule has 0 bridgehead atoms. The minimum absolute atomic E-state index is 0.353. The summed E-state index contributed by atoms with van der Waals surface area (Å²) in [4.78, 5) is 21.9. The van der Waals surface area contributed by atoms with Crippen LogP contribution in [0.2, 0.25) is 5.02 Å². The number of ether oxygens (including phenoxy) is 1. The number of rotatable bonds is 11. The molecule has 0 radical (unpaired) electrons. The lowest BCUT2D eigenvalue weighted by molar-refractivity contribution is -0.150. The molecule has 37 heavy (non-hydrogen) atoms. The normalized spacial score (nSPS) is 12.0. The Morgan fingerprint density at radius 2 is 1.81 bits per heavy atom. The van der Waals surface area contributed by atoms with E-state index in [1.165, 1.54) is 12.6 Å². The average molecular weight is 518 g/mol. The maximum Gasteiger partial charge on any atom is 0.291 e. The Kier molecular flexibility index (Phi) is 9.08. The van der Waals surface area contributed by atoms with Gasteiger partial charge in [0.1, 0.15) is 18.6 Å². The van der Waals surface area contributed by atoms with Crippen LogP contribution in [0.3, 0.4) is 0 Å². The first-order valence-corrected chi connectivity index (χ1v) is 12.3. The zero-order valence-corrected chi connectivity index (χ0v) is 21.2. The fourth-order valence-electron chi connectivity index (χ4n) is 3.78. The molecule has 8 heteroatoms. The molecule has 1 aromatic heterocycles. The Labute approximate surface area is 220 Å². The van der Waals surface area contributed by atoms with Gasteiger partial charge in [0, 0.05) is 17.5 Å². The number of hydrogen-bond donors (Lipinski definition) is 1. The fourth-order valence-corrected chi connectivity index (χ4v) is 3.91. The Hall–Kier alpha value is -3.94. The first-order valence-electron chi connectivity index (χ1n) is 12.0. The van der Waals surface area contributed by atoms with Crippen molar-refractivity contribution in [2.75, 3.05) is 7.05 Å². The molecule has 0 spiro atoms. The molecule has 0 saturated carbocycles. The zero-order chi connectivity index (χ0) is 26.0. The second-order valence-corrected chi connectivity index (χ2v) is 9.00. The largest absolute Gasteiger partial charge is 0.487 e. The van der Waals surface area contributed by atoms with Gasteiger partial charge in [0.2, 0.25) is 0 Å². The number of pyridine rings is 1. The van der Waals surface area contributed by atoms with Crippen LogP contribution >= 0.6 is 11.6 Å². The number of para-hydroxylation sites is 1. The molecule has 190 valence electrons. The summed E-state index contributed by atoms with van der Waals surface area (Å²) in [6.45, 7) is 0.353. The number of fused-ring (bicyclic) bond motifs is 1. The van der Waals surface area contributed by atoms with Crippen molar-refractivity contribution in [3.63, 3.8) is 0 Å². The van der Waals surface area contributed by atoms with Crippen LogP contribution in [-0.2, 0) is 22.7 Å². The summed E-state index contributed by atoms with van der Waals surface area (Å²) in [7, 11) is 1.23. The van der Waals surface area contributed by atoms with Crippen molar-refractivity contribution in [2.45, 2.75) is 32.0 Å². The highest BCUT2D eigenvalue weighted by atomic mass is 35.5. The molecule has 0 aliphatic rings. The fraction of sp³-hybridized carbons (Fsp3) is 0.207. The number of carbonyl (C=O) groups excluding carboxylic acids is 1. The van der Waals surface area contributed by atoms with Gasteiger partial charge < -0.3 is 9.57 Å². The van der Waals surface area contributed by atoms with Crippen LogP contribution in [-0.4, -0.2) is 34.4 Å². The lowest BCUT2D eigenvalue weighted by Crippen LogP contribution is -2.23. The standard InChI is InChI=1S/C29H28ClN3O4/c1-33(35)29(34)19-31-37-28(8-4-5-21-9-14-24(30)15-10-21)23-12-17-26(18-13-23)36-20-25-16-11-22-6-2-3-7-27(22)32-25/h2-3,6-7,9-19,28,35H,4-5,8,20H2,1H3. The number of aryl methyl sites for hydroxylation is 1. The average Bonchev–Trinajstić information content (AvgIpc) is 2.92. The number of benzene rings is 3. The minimum Gasteiger partial charge on any atom is -0.487 e. The van der Waals surface area contributed by atoms with Gasteiger partial charge in [-0.25, -0.2) is 10.0 Å². The first-order chi connectivity index (χ1) is 18.0. The molecular formula is C29H28ClN3O4. The Morgan fingerprint density at radius 1 is 1.05 bits per heavy atom. The van der Waals surface area contributed by atoms with Gasteiger partial charge in [-0.3, -0.25) is 10.0 Å². The van der Waals surface area contributed by atoms with Crippen molar-refractivity contribution in [3.05, 3.63) is 107 Å². The molecule has 4 rings (SSSR count). The van der Waals surface area contributed by atoms with Crippen molar-refractivity contribution >= 4 is 34.6 Å². The van der Waals surface area contributed by atoms with E-state index < -0.39 is 5.91 Å². The maximum atomic E-state index is 11.6. The van der Waals surface area contributed by atoms with Crippen molar-refractivity contribution in [3.8, 4) is 5.75 Å². The van der Waals surface area contributed by atoms with Crippen molar-refractivity contribution in [1.82, 2.24) is 10.0 Å². The third-order valence-corrected chi connectivity index (χ3v) is 6.06. The van der Waals surface area contributed by atoms with E-state index in [0.29, 0.717) is 28.9 Å². The number of oxime groups is 1. The van der Waals surface area contributed by atoms with E-state index in [1.54, 1.807) is 0 Å². The summed E-state index contributed by atoms with van der Waals surface area (Å²) in [5, 5.41) is 15.3. The van der Waals surface area contributed by atoms with Crippen LogP contribution in [0.1, 0.15) is 35.8 Å². The van der Waals surface area contributed by atoms with E-state index >= 15 is 0 Å². The van der Waals surface area contributed by atoms with Crippen LogP contribution in [0.15, 0.2) is 90.1 Å². The summed E-state index contributed by atoms with van der Waals surface area (Å²) in [6, 6.07) is 27.3. The predicted octanol–water partition coefficient (Wildman–Crippen LogP) is 6.38. The molecule has 0 saturated heterocycles. The lowest BCUT2D eigenvalue weighted by Gasteiger charge is -2.16. The molecule has 4 aromatic rings. The van der Waals surface area contributed by atoms with Gasteiger partial charge in [0.25, 0.3) is 5.91 Å². The number of hydroxylamine groups is 2. The van der Waals surface area contributed by atoms with Gasteiger partial charge in [-0.2, -0.15) is 0 Å². The van der Waals surface area contributed by atoms with Gasteiger partial charge in [-0.15, -0.1) is 0 Å². The van der Waals surface area contributed by atoms with Gasteiger partial charge in [0.05, 0.1) is 11.2 Å². The number of halogens is 1. The number of aromatic nitrogens is 1. The van der Waals surface area contributed by atoms with E-state index in [2.05, 4.69) is 10.1 Å². The van der Waals surface area contributed by atoms with Gasteiger partial charge >= 0.3 is 0 Å². The lowest BCUT2D eigenvalue weighted by atomic mass is 10.0. The van der Waals surface area contributed by atoms with Crippen LogP contribution in [0, 0.1) is 0 Å². The second-order valence-electron chi connectivity index (χ2n) is 8.56. The van der Waals surface area contributed by atoms with E-state index in [4.69, 9.17) is 21.2 Å². The highest BCUT2D eigenvalue weighted by Crippen LogP contribution is 2.27. The van der Waals surface area contributed by atoms with E-state index in [-0.39, 0.29) is 6.10 Å². The topological polar surface area (TPSA) is 84.2 Å². The van der Waals surface area contributed by atoms with Gasteiger partial charge in [0.15, 0.2) is 6.10 Å². The molecule has 1 amide bonds. The molecule has 1 heterocycles. The molecule has 1 atom stereocenters. The Morgan fingerprint density at radius 3 is 2.57 bits per heavy atom. The third-order valence-electron chi connectivity index (χ3n) is 5.81. The van der Waals surface area contributed by atoms with Crippen LogP contribution in [0.5, 0.6) is 5.75 Å². The molecule has 1 N–H and O–H groups in total. The smallest absolute Gasteiger partial charge is 0.291 e. The number of carbonyl (C=O) groups is 1. The summed E-state index contributed by atoms with van der Waals surface area (Å²) in [5.74, 6) is 0.0326. The summed E-state index contributed by atoms with van der Waals surface area (Å²) in [5.41, 5.74) is 3.85. The molecule has 0 aliphatic heterocycles. The first kappa shape index (κ1) is 26.1. The van der Waals surface area contributed by atoms with E-state index in [1.807, 2.05) is 84.9 Å². The molecule has 1 unspecified atom stereocenters. The number of hydrogen-bond acceptors (Lipinski definition) is 6. The maximum absolute atomic E-state index is 11.6. The molecule has 7 nitrogen and oxygen atoms in total. The molecule has 0 fully saturated rings. The van der Waals surface area contributed by atoms with Crippen LogP contribution in [0.25, 0.3) is 10.9 Å². The Balaban J connectivity index is 1.39. The molecule has 3 aromatic carbocycles. The number of amides is 1. The molecule has 0 aliphatic carbocycles. The van der Waals surface area contributed by atoms with Gasteiger partial charge in [-0.05, 0) is 66.8 Å². The quantitative estimate of drug-likeness (QED) is 0.142. The summed E-state index contributed by atoms with van der Waals surface area (Å²) < 4.78 is 5.94. The zero-order valence-electron chi connectivity index (χ0n) is 20.5. The van der Waals surface area contributed by atoms with Crippen molar-refractivity contribution in [1.29, 1.82) is 0 Å². The van der Waals surface area contributed by atoms with Crippen LogP contribution in [0.4, 0.5) is 0 Å². The number of nitrogens with zero attached hydrogens (tertiary/aromatic N) is 3. The Bertz CT molecular complexity index is 1340.